The minimum absolute atomic E-state index is 0.263. The lowest BCUT2D eigenvalue weighted by Gasteiger charge is -2.13. The fourth-order valence-corrected chi connectivity index (χ4v) is 5.89. The molecule has 1 saturated heterocycles. The quantitative estimate of drug-likeness (QED) is 0.518. The van der Waals surface area contributed by atoms with Crippen LogP contribution in [0.4, 0.5) is 0 Å². The van der Waals surface area contributed by atoms with E-state index in [0.717, 1.165) is 65.6 Å². The van der Waals surface area contributed by atoms with Gasteiger partial charge in [0.25, 0.3) is 0 Å². The number of nitrogens with one attached hydrogen (secondary N) is 2. The van der Waals surface area contributed by atoms with E-state index in [2.05, 4.69) is 45.8 Å². The third kappa shape index (κ3) is 2.53. The largest absolute Gasteiger partial charge is 0.494 e. The highest BCUT2D eigenvalue weighted by Gasteiger charge is 2.59. The molecule has 2 atom stereocenters. The van der Waals surface area contributed by atoms with Crippen LogP contribution in [0.1, 0.15) is 29.7 Å². The first-order valence-electron chi connectivity index (χ1n) is 11.5. The first-order chi connectivity index (χ1) is 15.8. The third-order valence-corrected chi connectivity index (χ3v) is 7.73. The Balaban J connectivity index is 1.34. The van der Waals surface area contributed by atoms with Crippen LogP contribution in [0.3, 0.4) is 0 Å². The Bertz CT molecular complexity index is 1360. The van der Waals surface area contributed by atoms with Crippen LogP contribution in [0, 0.1) is 5.92 Å². The topological polar surface area (TPSA) is 75.7 Å². The first-order valence-corrected chi connectivity index (χ1v) is 11.5. The minimum Gasteiger partial charge on any atom is -0.494 e. The summed E-state index contributed by atoms with van der Waals surface area (Å²) < 4.78 is 5.74. The third-order valence-electron chi connectivity index (χ3n) is 7.73. The summed E-state index contributed by atoms with van der Waals surface area (Å²) in [4.78, 5) is 9.95. The summed E-state index contributed by atoms with van der Waals surface area (Å²) >= 11 is 0. The predicted octanol–water partition coefficient (Wildman–Crippen LogP) is 4.05. The zero-order valence-electron chi connectivity index (χ0n) is 18.1. The Morgan fingerprint density at radius 1 is 1.12 bits per heavy atom. The van der Waals surface area contributed by atoms with Gasteiger partial charge in [0.2, 0.25) is 0 Å². The number of hydrogen-bond acceptors (Lipinski definition) is 5. The molecule has 1 saturated carbocycles. The standard InChI is InChI=1S/C26H25N5O/c1-32-21-10-20-25(29-24(21)19-7-3-5-15-4-2-6-18(15)19)23(31-30-20)16-8-9-22(28-12-16)26-11-17(26)13-27-14-26/h3,5,7-10,12,17,27H,2,4,6,11,13-14H2,1H3,(H,30,31). The molecule has 6 heteroatoms. The van der Waals surface area contributed by atoms with E-state index in [4.69, 9.17) is 14.7 Å². The van der Waals surface area contributed by atoms with Crippen LogP contribution in [0.15, 0.2) is 42.6 Å². The van der Waals surface area contributed by atoms with Crippen molar-refractivity contribution < 1.29 is 4.74 Å². The Labute approximate surface area is 186 Å². The average molecular weight is 424 g/mol. The lowest BCUT2D eigenvalue weighted by Crippen LogP contribution is -2.20. The van der Waals surface area contributed by atoms with Crippen molar-refractivity contribution in [3.05, 3.63) is 59.4 Å². The van der Waals surface area contributed by atoms with Crippen LogP contribution in [0.5, 0.6) is 5.75 Å². The summed E-state index contributed by atoms with van der Waals surface area (Å²) in [5.41, 5.74) is 9.91. The maximum absolute atomic E-state index is 5.74. The average Bonchev–Trinajstić information content (AvgIpc) is 3.24. The van der Waals surface area contributed by atoms with Gasteiger partial charge >= 0.3 is 0 Å². The number of pyridine rings is 2. The number of hydrogen-bond donors (Lipinski definition) is 2. The SMILES string of the molecule is COc1cc2[nH]nc(-c3ccc(C45CNCC4C5)nc3)c2nc1-c1cccc2c1CCC2. The van der Waals surface area contributed by atoms with Crippen molar-refractivity contribution in [2.75, 3.05) is 20.2 Å². The van der Waals surface area contributed by atoms with Gasteiger partial charge in [0.05, 0.1) is 12.6 Å². The van der Waals surface area contributed by atoms with Gasteiger partial charge in [-0.2, -0.15) is 5.10 Å². The van der Waals surface area contributed by atoms with Gasteiger partial charge in [-0.15, -0.1) is 0 Å². The van der Waals surface area contributed by atoms with Gasteiger partial charge in [0.15, 0.2) is 0 Å². The van der Waals surface area contributed by atoms with Crippen molar-refractivity contribution in [2.45, 2.75) is 31.1 Å². The molecule has 160 valence electrons. The summed E-state index contributed by atoms with van der Waals surface area (Å²) in [6.45, 7) is 2.16. The van der Waals surface area contributed by atoms with Crippen molar-refractivity contribution in [1.82, 2.24) is 25.5 Å². The number of H-pyrrole nitrogens is 1. The molecule has 32 heavy (non-hydrogen) atoms. The minimum atomic E-state index is 0.263. The van der Waals surface area contributed by atoms with E-state index in [1.165, 1.54) is 35.2 Å². The molecule has 1 aliphatic heterocycles. The molecule has 2 unspecified atom stereocenters. The van der Waals surface area contributed by atoms with Crippen molar-refractivity contribution in [1.29, 1.82) is 0 Å². The second-order valence-electron chi connectivity index (χ2n) is 9.42. The highest BCUT2D eigenvalue weighted by Crippen LogP contribution is 2.55. The number of nitrogens with zero attached hydrogens (tertiary/aromatic N) is 3. The van der Waals surface area contributed by atoms with Gasteiger partial charge in [-0.1, -0.05) is 18.2 Å². The van der Waals surface area contributed by atoms with Crippen LogP contribution < -0.4 is 10.1 Å². The van der Waals surface area contributed by atoms with Gasteiger partial charge in [-0.25, -0.2) is 4.98 Å². The van der Waals surface area contributed by atoms with Gasteiger partial charge in [-0.05, 0) is 61.4 Å². The van der Waals surface area contributed by atoms with Gasteiger partial charge < -0.3 is 10.1 Å². The molecule has 2 aliphatic carbocycles. The highest BCUT2D eigenvalue weighted by molar-refractivity contribution is 5.93. The smallest absolute Gasteiger partial charge is 0.147 e. The summed E-state index contributed by atoms with van der Waals surface area (Å²) in [6, 6.07) is 12.9. The monoisotopic (exact) mass is 423 g/mol. The normalized spacial score (nSPS) is 23.3. The second kappa shape index (κ2) is 6.62. The van der Waals surface area contributed by atoms with E-state index in [1.54, 1.807) is 7.11 Å². The van der Waals surface area contributed by atoms with E-state index in [-0.39, 0.29) is 5.41 Å². The lowest BCUT2D eigenvalue weighted by molar-refractivity contribution is 0.415. The molecule has 0 amide bonds. The molecule has 6 nitrogen and oxygen atoms in total. The zero-order valence-corrected chi connectivity index (χ0v) is 18.1. The van der Waals surface area contributed by atoms with Crippen molar-refractivity contribution in [2.24, 2.45) is 5.92 Å². The van der Waals surface area contributed by atoms with Crippen LogP contribution in [-0.4, -0.2) is 40.4 Å². The molecular weight excluding hydrogens is 398 g/mol. The number of piperidine rings is 1. The van der Waals surface area contributed by atoms with Crippen LogP contribution in [0.2, 0.25) is 0 Å². The van der Waals surface area contributed by atoms with Crippen molar-refractivity contribution >= 4 is 11.0 Å². The van der Waals surface area contributed by atoms with Crippen LogP contribution in [0.25, 0.3) is 33.5 Å². The Hall–Kier alpha value is -3.25. The summed E-state index contributed by atoms with van der Waals surface area (Å²) in [5.74, 6) is 1.52. The predicted molar refractivity (Wildman–Crippen MR) is 124 cm³/mol. The molecule has 4 aromatic rings. The molecule has 0 radical (unpaired) electrons. The fourth-order valence-electron chi connectivity index (χ4n) is 5.89. The Kier molecular flexibility index (Phi) is 3.80. The molecule has 0 spiro atoms. The van der Waals surface area contributed by atoms with E-state index < -0.39 is 0 Å². The molecule has 2 fully saturated rings. The van der Waals surface area contributed by atoms with E-state index >= 15 is 0 Å². The zero-order chi connectivity index (χ0) is 21.3. The van der Waals surface area contributed by atoms with Gasteiger partial charge in [-0.3, -0.25) is 10.1 Å². The fraction of sp³-hybridized carbons (Fsp3) is 0.346. The number of benzene rings is 1. The van der Waals surface area contributed by atoms with Crippen LogP contribution in [-0.2, 0) is 18.3 Å². The Morgan fingerprint density at radius 2 is 2.09 bits per heavy atom. The van der Waals surface area contributed by atoms with Gasteiger partial charge in [0.1, 0.15) is 22.7 Å². The van der Waals surface area contributed by atoms with E-state index in [0.29, 0.717) is 0 Å². The maximum atomic E-state index is 5.74. The van der Waals surface area contributed by atoms with E-state index in [1.807, 2.05) is 12.3 Å². The van der Waals surface area contributed by atoms with Crippen molar-refractivity contribution in [3.8, 4) is 28.3 Å². The number of fused-ring (bicyclic) bond motifs is 3. The molecule has 3 aromatic heterocycles. The second-order valence-corrected chi connectivity index (χ2v) is 9.42. The molecule has 3 aliphatic rings. The number of aromatic amines is 1. The first kappa shape index (κ1) is 18.3. The maximum Gasteiger partial charge on any atom is 0.147 e. The summed E-state index contributed by atoms with van der Waals surface area (Å²) in [5, 5.41) is 11.3. The van der Waals surface area contributed by atoms with E-state index in [9.17, 15) is 0 Å². The molecule has 4 heterocycles. The molecule has 1 aromatic carbocycles. The number of methoxy groups -OCH3 is 1. The van der Waals surface area contributed by atoms with Crippen LogP contribution >= 0.6 is 0 Å². The molecule has 2 N–H and O–H groups in total. The number of ether oxygens (including phenoxy) is 1. The molecular formula is C26H25N5O. The number of aromatic nitrogens is 4. The van der Waals surface area contributed by atoms with Gasteiger partial charge in [0, 0.05) is 41.0 Å². The summed E-state index contributed by atoms with van der Waals surface area (Å²) in [6.07, 6.45) is 6.64. The number of aryl methyl sites for hydroxylation is 1. The lowest BCUT2D eigenvalue weighted by atomic mass is 9.99. The summed E-state index contributed by atoms with van der Waals surface area (Å²) in [7, 11) is 1.71. The Morgan fingerprint density at radius 3 is 2.88 bits per heavy atom. The van der Waals surface area contributed by atoms with Crippen molar-refractivity contribution in [3.63, 3.8) is 0 Å². The molecule has 0 bridgehead atoms. The molecule has 7 rings (SSSR count). The highest BCUT2D eigenvalue weighted by atomic mass is 16.5. The number of rotatable bonds is 4.